The minimum Gasteiger partial charge on any atom is -0.434 e. The Labute approximate surface area is 197 Å². The quantitative estimate of drug-likeness (QED) is 0.230. The number of nitrogens with two attached hydrogens (primary N) is 1. The summed E-state index contributed by atoms with van der Waals surface area (Å²) in [4.78, 5) is 23.7. The van der Waals surface area contributed by atoms with Crippen molar-refractivity contribution < 1.29 is 28.5 Å². The molecule has 3 heterocycles. The Morgan fingerprint density at radius 2 is 2.26 bits per heavy atom. The lowest BCUT2D eigenvalue weighted by molar-refractivity contribution is -0.0980. The molecular formula is C23H30FN5O5. The van der Waals surface area contributed by atoms with Crippen molar-refractivity contribution in [2.24, 2.45) is 5.41 Å². The number of imidazole rings is 1. The van der Waals surface area contributed by atoms with Crippen molar-refractivity contribution >= 4 is 23.1 Å². The van der Waals surface area contributed by atoms with Crippen LogP contribution in [0.25, 0.3) is 11.2 Å². The summed E-state index contributed by atoms with van der Waals surface area (Å²) in [5.41, 5.74) is 4.35. The van der Waals surface area contributed by atoms with Crippen molar-refractivity contribution in [1.82, 2.24) is 19.5 Å². The number of aliphatic hydroxyl groups excluding tert-OH is 1. The molecule has 3 rings (SSSR count). The molecule has 184 valence electrons. The fourth-order valence-electron chi connectivity index (χ4n) is 4.29. The lowest BCUT2D eigenvalue weighted by Gasteiger charge is -2.30. The van der Waals surface area contributed by atoms with Gasteiger partial charge in [-0.1, -0.05) is 38.7 Å². The molecule has 0 spiro atoms. The number of aromatic nitrogens is 4. The number of rotatable bonds is 10. The maximum absolute atomic E-state index is 13.7. The minimum atomic E-state index is -1.63. The van der Waals surface area contributed by atoms with Crippen molar-refractivity contribution in [2.75, 3.05) is 18.9 Å². The van der Waals surface area contributed by atoms with Crippen molar-refractivity contribution in [3.05, 3.63) is 25.1 Å². The van der Waals surface area contributed by atoms with E-state index in [1.807, 2.05) is 6.08 Å². The molecule has 3 atom stereocenters. The van der Waals surface area contributed by atoms with Gasteiger partial charge in [-0.2, -0.15) is 14.4 Å². The lowest BCUT2D eigenvalue weighted by Crippen LogP contribution is -2.44. The number of carbonyl (C=O) groups excluding carboxylic acids is 1. The maximum Gasteiger partial charge on any atom is 0.508 e. The van der Waals surface area contributed by atoms with Crippen LogP contribution in [0.3, 0.4) is 0 Å². The van der Waals surface area contributed by atoms with Gasteiger partial charge in [-0.05, 0) is 18.3 Å². The summed E-state index contributed by atoms with van der Waals surface area (Å²) < 4.78 is 31.8. The van der Waals surface area contributed by atoms with E-state index in [2.05, 4.69) is 41.3 Å². The highest BCUT2D eigenvalue weighted by atomic mass is 19.1. The van der Waals surface area contributed by atoms with Crippen molar-refractivity contribution in [2.45, 2.75) is 63.9 Å². The highest BCUT2D eigenvalue weighted by Gasteiger charge is 2.51. The fraction of sp³-hybridized carbons (Fsp3) is 0.565. The van der Waals surface area contributed by atoms with E-state index in [0.29, 0.717) is 6.42 Å². The summed E-state index contributed by atoms with van der Waals surface area (Å²) in [6.45, 7) is 7.54. The standard InChI is InChI=1S/C23H30FN5O5/c1-5-9-22(6-2,7-3)10-11-32-21(31)33-15-12-16(34-23(15,8-4)13-30)29-14-26-17-18(25)27-20(24)28-19(17)29/h4-5,14-16,30H,1,6-7,9-13H2,2-3H3,(H2,25,27,28)/t15-,16+,23+/m0/s1. The molecule has 1 aliphatic rings. The maximum atomic E-state index is 13.7. The zero-order valence-electron chi connectivity index (χ0n) is 19.4. The molecule has 34 heavy (non-hydrogen) atoms. The van der Waals surface area contributed by atoms with Crippen LogP contribution in [-0.2, 0) is 14.2 Å². The van der Waals surface area contributed by atoms with E-state index < -0.39 is 36.8 Å². The summed E-state index contributed by atoms with van der Waals surface area (Å²) in [5.74, 6) is 2.25. The second-order valence-electron chi connectivity index (χ2n) is 8.36. The predicted octanol–water partition coefficient (Wildman–Crippen LogP) is 3.13. The largest absolute Gasteiger partial charge is 0.508 e. The first kappa shape index (κ1) is 25.4. The normalized spacial score (nSPS) is 22.4. The smallest absolute Gasteiger partial charge is 0.434 e. The fourth-order valence-corrected chi connectivity index (χ4v) is 4.29. The molecule has 11 heteroatoms. The van der Waals surface area contributed by atoms with E-state index in [1.165, 1.54) is 10.9 Å². The van der Waals surface area contributed by atoms with Gasteiger partial charge in [0.15, 0.2) is 28.7 Å². The molecule has 0 aliphatic carbocycles. The number of fused-ring (bicyclic) bond motifs is 1. The number of ether oxygens (including phenoxy) is 3. The highest BCUT2D eigenvalue weighted by molar-refractivity contribution is 5.81. The molecule has 0 unspecified atom stereocenters. The van der Waals surface area contributed by atoms with Crippen molar-refractivity contribution in [3.63, 3.8) is 0 Å². The number of halogens is 1. The molecule has 1 fully saturated rings. The van der Waals surface area contributed by atoms with Crippen LogP contribution in [0, 0.1) is 23.8 Å². The molecule has 10 nitrogen and oxygen atoms in total. The number of allylic oxidation sites excluding steroid dienone is 1. The van der Waals surface area contributed by atoms with E-state index in [0.717, 1.165) is 19.3 Å². The number of carbonyl (C=O) groups is 1. The summed E-state index contributed by atoms with van der Waals surface area (Å²) >= 11 is 0. The molecule has 0 aromatic carbocycles. The summed E-state index contributed by atoms with van der Waals surface area (Å²) in [5, 5.41) is 9.98. The van der Waals surface area contributed by atoms with Gasteiger partial charge in [0, 0.05) is 6.42 Å². The van der Waals surface area contributed by atoms with Crippen molar-refractivity contribution in [1.29, 1.82) is 0 Å². The number of aliphatic hydroxyl groups is 1. The first-order chi connectivity index (χ1) is 16.3. The van der Waals surface area contributed by atoms with Gasteiger partial charge >= 0.3 is 12.2 Å². The number of nitrogens with zero attached hydrogens (tertiary/aromatic N) is 4. The van der Waals surface area contributed by atoms with Gasteiger partial charge in [0.25, 0.3) is 0 Å². The topological polar surface area (TPSA) is 135 Å². The molecule has 1 saturated heterocycles. The zero-order valence-corrected chi connectivity index (χ0v) is 19.4. The summed E-state index contributed by atoms with van der Waals surface area (Å²) in [7, 11) is 0. The molecule has 0 radical (unpaired) electrons. The van der Waals surface area contributed by atoms with E-state index in [-0.39, 0.29) is 35.4 Å². The molecule has 0 saturated carbocycles. The molecule has 0 bridgehead atoms. The van der Waals surface area contributed by atoms with Crippen LogP contribution in [0.1, 0.15) is 52.2 Å². The van der Waals surface area contributed by atoms with Crippen LogP contribution in [0.15, 0.2) is 19.0 Å². The average molecular weight is 476 g/mol. The Bertz CT molecular complexity index is 1080. The average Bonchev–Trinajstić information content (AvgIpc) is 3.40. The molecule has 3 N–H and O–H groups in total. The number of terminal acetylenes is 1. The van der Waals surface area contributed by atoms with Crippen LogP contribution >= 0.6 is 0 Å². The minimum absolute atomic E-state index is 0.00127. The number of hydrogen-bond acceptors (Lipinski definition) is 9. The first-order valence-electron chi connectivity index (χ1n) is 11.1. The number of anilines is 1. The van der Waals surface area contributed by atoms with Crippen molar-refractivity contribution in [3.8, 4) is 12.3 Å². The van der Waals surface area contributed by atoms with Gasteiger partial charge in [-0.3, -0.25) is 4.57 Å². The SMILES string of the molecule is C#C[C@]1(CO)O[C@@H](n2cnc3c(N)nc(F)nc32)C[C@@H]1OC(=O)OCCC(CC)(CC)CC=C. The number of hydrogen-bond donors (Lipinski definition) is 2. The molecule has 2 aromatic heterocycles. The zero-order chi connectivity index (χ0) is 24.9. The highest BCUT2D eigenvalue weighted by Crippen LogP contribution is 2.40. The van der Waals surface area contributed by atoms with Crippen LogP contribution in [0.5, 0.6) is 0 Å². The van der Waals surface area contributed by atoms with Gasteiger partial charge < -0.3 is 25.1 Å². The van der Waals surface area contributed by atoms with E-state index >= 15 is 0 Å². The Morgan fingerprint density at radius 3 is 2.88 bits per heavy atom. The van der Waals surface area contributed by atoms with Gasteiger partial charge in [0.2, 0.25) is 0 Å². The van der Waals surface area contributed by atoms with Gasteiger partial charge in [0.05, 0.1) is 19.5 Å². The van der Waals surface area contributed by atoms with Crippen LogP contribution in [0.4, 0.5) is 15.0 Å². The van der Waals surface area contributed by atoms with Crippen LogP contribution in [-0.4, -0.2) is 55.7 Å². The van der Waals surface area contributed by atoms with Crippen LogP contribution in [0.2, 0.25) is 0 Å². The third-order valence-electron chi connectivity index (χ3n) is 6.66. The molecular weight excluding hydrogens is 445 g/mol. The Morgan fingerprint density at radius 1 is 1.53 bits per heavy atom. The molecule has 1 aliphatic heterocycles. The van der Waals surface area contributed by atoms with E-state index in [4.69, 9.17) is 26.4 Å². The lowest BCUT2D eigenvalue weighted by atomic mass is 9.77. The van der Waals surface area contributed by atoms with E-state index in [9.17, 15) is 14.3 Å². The number of nitrogen functional groups attached to an aromatic ring is 1. The monoisotopic (exact) mass is 475 g/mol. The third kappa shape index (κ3) is 4.83. The Hall–Kier alpha value is -3.23. The van der Waals surface area contributed by atoms with Gasteiger partial charge in [-0.15, -0.1) is 13.0 Å². The predicted molar refractivity (Wildman–Crippen MR) is 122 cm³/mol. The Kier molecular flexibility index (Phi) is 7.74. The first-order valence-corrected chi connectivity index (χ1v) is 11.1. The Balaban J connectivity index is 1.72. The molecule has 0 amide bonds. The van der Waals surface area contributed by atoms with Gasteiger partial charge in [0.1, 0.15) is 6.23 Å². The summed E-state index contributed by atoms with van der Waals surface area (Å²) in [6.07, 6.45) is 8.36. The third-order valence-corrected chi connectivity index (χ3v) is 6.66. The second kappa shape index (κ2) is 10.4. The molecule has 2 aromatic rings. The second-order valence-corrected chi connectivity index (χ2v) is 8.36. The van der Waals surface area contributed by atoms with Gasteiger partial charge in [-0.25, -0.2) is 9.78 Å². The van der Waals surface area contributed by atoms with Crippen LogP contribution < -0.4 is 5.73 Å². The summed E-state index contributed by atoms with van der Waals surface area (Å²) in [6, 6.07) is 0. The van der Waals surface area contributed by atoms with E-state index in [1.54, 1.807) is 0 Å².